The molecule has 0 radical (unpaired) electrons. The number of fused-ring (bicyclic) bond motifs is 1. The fraction of sp³-hybridized carbons (Fsp3) is 0.833. The van der Waals surface area contributed by atoms with Crippen LogP contribution in [0.25, 0.3) is 0 Å². The fourth-order valence-electron chi connectivity index (χ4n) is 3.28. The Balaban J connectivity index is 1.99. The minimum Gasteiger partial charge on any atom is -0.316 e. The van der Waals surface area contributed by atoms with Crippen LogP contribution in [0.15, 0.2) is 0 Å². The van der Waals surface area contributed by atoms with Gasteiger partial charge in [-0.25, -0.2) is 0 Å². The monoisotopic (exact) mass is 220 g/mol. The molecule has 88 valence electrons. The summed E-state index contributed by atoms with van der Waals surface area (Å²) >= 11 is 0. The smallest absolute Gasteiger partial charge is 0.140 e. The molecule has 2 aliphatic heterocycles. The van der Waals surface area contributed by atoms with Crippen molar-refractivity contribution in [3.63, 3.8) is 0 Å². The summed E-state index contributed by atoms with van der Waals surface area (Å²) in [6.45, 7) is 5.60. The van der Waals surface area contributed by atoms with E-state index < -0.39 is 0 Å². The van der Waals surface area contributed by atoms with Gasteiger partial charge in [0.25, 0.3) is 0 Å². The van der Waals surface area contributed by atoms with Gasteiger partial charge in [0.2, 0.25) is 0 Å². The number of nitrogens with one attached hydrogen (secondary N) is 1. The van der Waals surface area contributed by atoms with Gasteiger partial charge >= 0.3 is 0 Å². The molecule has 1 aromatic heterocycles. The maximum Gasteiger partial charge on any atom is 0.140 e. The van der Waals surface area contributed by atoms with Gasteiger partial charge in [0.1, 0.15) is 11.6 Å². The number of aromatic nitrogens is 3. The van der Waals surface area contributed by atoms with Crippen molar-refractivity contribution in [3.05, 3.63) is 11.6 Å². The Bertz CT molecular complexity index is 376. The molecule has 3 rings (SSSR count). The first kappa shape index (κ1) is 10.3. The summed E-state index contributed by atoms with van der Waals surface area (Å²) in [5.74, 6) is 2.46. The molecule has 1 atom stereocenters. The Hall–Kier alpha value is -0.900. The van der Waals surface area contributed by atoms with Gasteiger partial charge in [0, 0.05) is 24.9 Å². The topological polar surface area (TPSA) is 42.7 Å². The van der Waals surface area contributed by atoms with Crippen LogP contribution in [0, 0.1) is 0 Å². The first-order chi connectivity index (χ1) is 7.86. The van der Waals surface area contributed by atoms with Crippen LogP contribution in [-0.4, -0.2) is 27.9 Å². The summed E-state index contributed by atoms with van der Waals surface area (Å²) in [4.78, 5) is 0. The van der Waals surface area contributed by atoms with E-state index in [4.69, 9.17) is 0 Å². The molecule has 1 fully saturated rings. The van der Waals surface area contributed by atoms with Gasteiger partial charge in [-0.15, -0.1) is 10.2 Å². The lowest BCUT2D eigenvalue weighted by Crippen LogP contribution is -2.32. The van der Waals surface area contributed by atoms with Crippen molar-refractivity contribution < 1.29 is 0 Å². The summed E-state index contributed by atoms with van der Waals surface area (Å²) in [6, 6.07) is 0. The van der Waals surface area contributed by atoms with E-state index in [9.17, 15) is 0 Å². The second kappa shape index (κ2) is 3.84. The molecule has 1 aromatic rings. The quantitative estimate of drug-likeness (QED) is 0.834. The third kappa shape index (κ3) is 1.39. The molecule has 0 aliphatic carbocycles. The third-order valence-corrected chi connectivity index (χ3v) is 4.06. The molecule has 16 heavy (non-hydrogen) atoms. The molecule has 4 nitrogen and oxygen atoms in total. The number of hydrogen-bond donors (Lipinski definition) is 1. The molecule has 0 bridgehead atoms. The average molecular weight is 220 g/mol. The lowest BCUT2D eigenvalue weighted by atomic mass is 9.81. The zero-order chi connectivity index (χ0) is 11.0. The van der Waals surface area contributed by atoms with Crippen molar-refractivity contribution in [3.8, 4) is 0 Å². The van der Waals surface area contributed by atoms with E-state index in [2.05, 4.69) is 27.0 Å². The first-order valence-electron chi connectivity index (χ1n) is 6.49. The van der Waals surface area contributed by atoms with Crippen LogP contribution in [0.1, 0.15) is 44.3 Å². The maximum atomic E-state index is 4.48. The third-order valence-electron chi connectivity index (χ3n) is 4.06. The van der Waals surface area contributed by atoms with Crippen molar-refractivity contribution in [1.29, 1.82) is 0 Å². The van der Waals surface area contributed by atoms with Crippen molar-refractivity contribution in [2.45, 2.75) is 51.0 Å². The van der Waals surface area contributed by atoms with Crippen molar-refractivity contribution in [1.82, 2.24) is 20.1 Å². The zero-order valence-electron chi connectivity index (χ0n) is 10.00. The molecule has 1 saturated heterocycles. The Morgan fingerprint density at radius 1 is 1.44 bits per heavy atom. The largest absolute Gasteiger partial charge is 0.316 e. The molecular weight excluding hydrogens is 200 g/mol. The fourth-order valence-corrected chi connectivity index (χ4v) is 3.28. The average Bonchev–Trinajstić information content (AvgIpc) is 2.90. The second-order valence-corrected chi connectivity index (χ2v) is 5.15. The van der Waals surface area contributed by atoms with E-state index in [0.29, 0.717) is 0 Å². The minimum atomic E-state index is 0.268. The van der Waals surface area contributed by atoms with Crippen molar-refractivity contribution in [2.75, 3.05) is 13.1 Å². The highest BCUT2D eigenvalue weighted by atomic mass is 15.3. The van der Waals surface area contributed by atoms with Gasteiger partial charge in [-0.2, -0.15) is 0 Å². The van der Waals surface area contributed by atoms with E-state index >= 15 is 0 Å². The molecule has 2 aliphatic rings. The van der Waals surface area contributed by atoms with Gasteiger partial charge in [-0.1, -0.05) is 13.3 Å². The molecule has 0 spiro atoms. The highest BCUT2D eigenvalue weighted by Crippen LogP contribution is 2.35. The SMILES string of the molecule is CCCC1(c2nnc3n2CCC3)CCNC1. The van der Waals surface area contributed by atoms with Gasteiger partial charge < -0.3 is 9.88 Å². The van der Waals surface area contributed by atoms with Gasteiger partial charge in [-0.3, -0.25) is 0 Å². The van der Waals surface area contributed by atoms with Crippen LogP contribution in [0.3, 0.4) is 0 Å². The molecule has 4 heteroatoms. The van der Waals surface area contributed by atoms with E-state index in [1.807, 2.05) is 0 Å². The lowest BCUT2D eigenvalue weighted by molar-refractivity contribution is 0.384. The predicted molar refractivity (Wildman–Crippen MR) is 62.4 cm³/mol. The molecule has 1 unspecified atom stereocenters. The summed E-state index contributed by atoms with van der Waals surface area (Å²) < 4.78 is 2.38. The lowest BCUT2D eigenvalue weighted by Gasteiger charge is -2.26. The Labute approximate surface area is 96.4 Å². The van der Waals surface area contributed by atoms with Crippen LogP contribution in [-0.2, 0) is 18.4 Å². The van der Waals surface area contributed by atoms with Crippen LogP contribution in [0.2, 0.25) is 0 Å². The summed E-state index contributed by atoms with van der Waals surface area (Å²) in [5, 5.41) is 12.3. The summed E-state index contributed by atoms with van der Waals surface area (Å²) in [7, 11) is 0. The normalized spacial score (nSPS) is 28.6. The zero-order valence-corrected chi connectivity index (χ0v) is 10.00. The maximum absolute atomic E-state index is 4.48. The summed E-state index contributed by atoms with van der Waals surface area (Å²) in [5.41, 5.74) is 0.268. The van der Waals surface area contributed by atoms with E-state index in [1.165, 1.54) is 37.3 Å². The predicted octanol–water partition coefficient (Wildman–Crippen LogP) is 1.26. The van der Waals surface area contributed by atoms with Crippen LogP contribution < -0.4 is 5.32 Å². The van der Waals surface area contributed by atoms with Crippen LogP contribution >= 0.6 is 0 Å². The number of nitrogens with zero attached hydrogens (tertiary/aromatic N) is 3. The van der Waals surface area contributed by atoms with Gasteiger partial charge in [0.05, 0.1) is 0 Å². The Morgan fingerprint density at radius 2 is 2.38 bits per heavy atom. The number of hydrogen-bond acceptors (Lipinski definition) is 3. The van der Waals surface area contributed by atoms with E-state index in [1.54, 1.807) is 0 Å². The van der Waals surface area contributed by atoms with Crippen molar-refractivity contribution in [2.24, 2.45) is 0 Å². The highest BCUT2D eigenvalue weighted by Gasteiger charge is 2.40. The Morgan fingerprint density at radius 3 is 3.12 bits per heavy atom. The van der Waals surface area contributed by atoms with E-state index in [-0.39, 0.29) is 5.41 Å². The van der Waals surface area contributed by atoms with Crippen molar-refractivity contribution >= 4 is 0 Å². The molecule has 0 saturated carbocycles. The molecular formula is C12H20N4. The van der Waals surface area contributed by atoms with Gasteiger partial charge in [0.15, 0.2) is 0 Å². The van der Waals surface area contributed by atoms with Crippen LogP contribution in [0.5, 0.6) is 0 Å². The molecule has 0 aromatic carbocycles. The number of rotatable bonds is 3. The number of aryl methyl sites for hydroxylation is 1. The Kier molecular flexibility index (Phi) is 2.46. The standard InChI is InChI=1S/C12H20N4/c1-2-5-12(6-7-13-9-12)11-15-14-10-4-3-8-16(10)11/h13H,2-9H2,1H3. The first-order valence-corrected chi connectivity index (χ1v) is 6.49. The summed E-state index contributed by atoms with van der Waals surface area (Å²) in [6.07, 6.45) is 6.04. The molecule has 1 N–H and O–H groups in total. The minimum absolute atomic E-state index is 0.268. The van der Waals surface area contributed by atoms with Crippen LogP contribution in [0.4, 0.5) is 0 Å². The van der Waals surface area contributed by atoms with E-state index in [0.717, 1.165) is 26.1 Å². The molecule has 0 amide bonds. The highest BCUT2D eigenvalue weighted by molar-refractivity contribution is 5.16. The molecule has 3 heterocycles. The van der Waals surface area contributed by atoms with Gasteiger partial charge in [-0.05, 0) is 25.8 Å². The second-order valence-electron chi connectivity index (χ2n) is 5.15.